The number of aromatic nitrogens is 2. The van der Waals surface area contributed by atoms with Crippen molar-refractivity contribution < 1.29 is 19.8 Å². The summed E-state index contributed by atoms with van der Waals surface area (Å²) in [6.45, 7) is 0. The fourth-order valence-electron chi connectivity index (χ4n) is 2.07. The lowest BCUT2D eigenvalue weighted by Crippen LogP contribution is -2.50. The minimum absolute atomic E-state index is 0.0891. The van der Waals surface area contributed by atoms with Crippen molar-refractivity contribution in [3.63, 3.8) is 0 Å². The lowest BCUT2D eigenvalue weighted by atomic mass is 10.0. The smallest absolute Gasteiger partial charge is 0.326 e. The zero-order valence-electron chi connectivity index (χ0n) is 12.3. The fraction of sp³-hybridized carbons (Fsp3) is 0.267. The number of carbonyl (C=O) groups is 2. The molecule has 0 saturated heterocycles. The number of nitrogens with two attached hydrogens (primary N) is 1. The van der Waals surface area contributed by atoms with Crippen molar-refractivity contribution in [1.29, 1.82) is 0 Å². The van der Waals surface area contributed by atoms with Gasteiger partial charge in [0.05, 0.1) is 12.4 Å². The van der Waals surface area contributed by atoms with E-state index in [0.717, 1.165) is 0 Å². The zero-order chi connectivity index (χ0) is 16.8. The third-order valence-electron chi connectivity index (χ3n) is 3.32. The van der Waals surface area contributed by atoms with E-state index in [2.05, 4.69) is 15.3 Å². The van der Waals surface area contributed by atoms with Crippen molar-refractivity contribution in [2.45, 2.75) is 24.9 Å². The maximum atomic E-state index is 12.1. The molecule has 6 N–H and O–H groups in total. The maximum Gasteiger partial charge on any atom is 0.326 e. The van der Waals surface area contributed by atoms with Crippen LogP contribution in [0.5, 0.6) is 5.75 Å². The summed E-state index contributed by atoms with van der Waals surface area (Å²) in [6, 6.07) is 4.14. The molecule has 0 aliphatic carbocycles. The number of aliphatic carboxylic acids is 1. The van der Waals surface area contributed by atoms with Gasteiger partial charge in [-0.05, 0) is 17.7 Å². The number of benzene rings is 1. The molecule has 0 saturated carbocycles. The minimum atomic E-state index is -1.15. The number of nitrogens with one attached hydrogen (secondary N) is 2. The van der Waals surface area contributed by atoms with E-state index in [4.69, 9.17) is 5.73 Å². The van der Waals surface area contributed by atoms with Crippen molar-refractivity contribution in [2.24, 2.45) is 5.73 Å². The Kier molecular flexibility index (Phi) is 5.32. The third-order valence-corrected chi connectivity index (χ3v) is 3.32. The first kappa shape index (κ1) is 16.5. The summed E-state index contributed by atoms with van der Waals surface area (Å²) < 4.78 is 0. The van der Waals surface area contributed by atoms with Crippen LogP contribution in [0.4, 0.5) is 0 Å². The SMILES string of the molecule is N[C@@H](Cc1cnc[nH]1)C(=O)N[C@@H](Cc1ccc(O)cc1)C(=O)O. The van der Waals surface area contributed by atoms with Crippen molar-refractivity contribution in [2.75, 3.05) is 0 Å². The topological polar surface area (TPSA) is 141 Å². The van der Waals surface area contributed by atoms with Crippen molar-refractivity contribution in [1.82, 2.24) is 15.3 Å². The zero-order valence-corrected chi connectivity index (χ0v) is 12.3. The van der Waals surface area contributed by atoms with Gasteiger partial charge in [0, 0.05) is 24.7 Å². The fourth-order valence-corrected chi connectivity index (χ4v) is 2.07. The molecule has 8 heteroatoms. The van der Waals surface area contributed by atoms with Gasteiger partial charge in [-0.2, -0.15) is 0 Å². The first-order chi connectivity index (χ1) is 11.0. The molecule has 0 fully saturated rings. The van der Waals surface area contributed by atoms with Crippen molar-refractivity contribution in [3.8, 4) is 5.75 Å². The predicted molar refractivity (Wildman–Crippen MR) is 81.6 cm³/mol. The number of phenols is 1. The van der Waals surface area contributed by atoms with Crippen LogP contribution in [0.25, 0.3) is 0 Å². The van der Waals surface area contributed by atoms with Crippen LogP contribution in [0.3, 0.4) is 0 Å². The highest BCUT2D eigenvalue weighted by Crippen LogP contribution is 2.11. The lowest BCUT2D eigenvalue weighted by molar-refractivity contribution is -0.141. The normalized spacial score (nSPS) is 13.3. The average molecular weight is 318 g/mol. The minimum Gasteiger partial charge on any atom is -0.508 e. The molecule has 1 heterocycles. The number of rotatable bonds is 7. The van der Waals surface area contributed by atoms with Gasteiger partial charge in [-0.1, -0.05) is 12.1 Å². The van der Waals surface area contributed by atoms with Crippen LogP contribution in [0, 0.1) is 0 Å². The molecule has 2 rings (SSSR count). The first-order valence-electron chi connectivity index (χ1n) is 6.99. The predicted octanol–water partition coefficient (Wildman–Crippen LogP) is -0.203. The molecule has 0 spiro atoms. The van der Waals surface area contributed by atoms with Gasteiger partial charge >= 0.3 is 5.97 Å². The molecule has 0 radical (unpaired) electrons. The number of H-pyrrole nitrogens is 1. The highest BCUT2D eigenvalue weighted by molar-refractivity contribution is 5.87. The Morgan fingerprint density at radius 3 is 2.52 bits per heavy atom. The summed E-state index contributed by atoms with van der Waals surface area (Å²) in [4.78, 5) is 30.0. The molecule has 0 aliphatic rings. The number of aromatic amines is 1. The van der Waals surface area contributed by atoms with E-state index in [0.29, 0.717) is 11.3 Å². The molecular weight excluding hydrogens is 300 g/mol. The highest BCUT2D eigenvalue weighted by atomic mass is 16.4. The number of amides is 1. The van der Waals surface area contributed by atoms with Gasteiger partial charge in [-0.25, -0.2) is 9.78 Å². The van der Waals surface area contributed by atoms with Gasteiger partial charge < -0.3 is 26.2 Å². The van der Waals surface area contributed by atoms with Gasteiger partial charge in [0.15, 0.2) is 0 Å². The number of nitrogens with zero attached hydrogens (tertiary/aromatic N) is 1. The molecule has 0 unspecified atom stereocenters. The molecule has 1 aromatic carbocycles. The lowest BCUT2D eigenvalue weighted by Gasteiger charge is -2.17. The molecule has 8 nitrogen and oxygen atoms in total. The summed E-state index contributed by atoms with van der Waals surface area (Å²) in [5.41, 5.74) is 7.16. The van der Waals surface area contributed by atoms with Crippen LogP contribution >= 0.6 is 0 Å². The Hall–Kier alpha value is -2.87. The van der Waals surface area contributed by atoms with E-state index in [9.17, 15) is 19.8 Å². The molecule has 23 heavy (non-hydrogen) atoms. The highest BCUT2D eigenvalue weighted by Gasteiger charge is 2.24. The van der Waals surface area contributed by atoms with Crippen molar-refractivity contribution >= 4 is 11.9 Å². The Bertz CT molecular complexity index is 655. The molecule has 0 bridgehead atoms. The number of aromatic hydroxyl groups is 1. The third kappa shape index (κ3) is 4.82. The van der Waals surface area contributed by atoms with E-state index in [1.54, 1.807) is 18.3 Å². The summed E-state index contributed by atoms with van der Waals surface area (Å²) in [7, 11) is 0. The van der Waals surface area contributed by atoms with Crippen molar-refractivity contribution in [3.05, 3.63) is 48.0 Å². The quantitative estimate of drug-likeness (QED) is 0.478. The Labute approximate surface area is 132 Å². The van der Waals surface area contributed by atoms with Gasteiger partial charge in [-0.15, -0.1) is 0 Å². The average Bonchev–Trinajstić information content (AvgIpc) is 3.01. The number of hydrogen-bond acceptors (Lipinski definition) is 5. The number of phenolic OH excluding ortho intramolecular Hbond substituents is 1. The standard InChI is InChI=1S/C15H18N4O4/c16-12(6-10-7-17-8-18-10)14(21)19-13(15(22)23)5-9-1-3-11(20)4-2-9/h1-4,7-8,12-13,20H,5-6,16H2,(H,17,18)(H,19,21)(H,22,23)/t12-,13-/m0/s1. The first-order valence-corrected chi connectivity index (χ1v) is 6.99. The molecule has 1 amide bonds. The van der Waals surface area contributed by atoms with E-state index in [1.807, 2.05) is 0 Å². The van der Waals surface area contributed by atoms with E-state index >= 15 is 0 Å². The largest absolute Gasteiger partial charge is 0.508 e. The van der Waals surface area contributed by atoms with Crippen LogP contribution in [0.15, 0.2) is 36.8 Å². The van der Waals surface area contributed by atoms with Crippen LogP contribution in [-0.2, 0) is 22.4 Å². The molecule has 122 valence electrons. The number of carboxylic acid groups (broad SMARTS) is 1. The number of carboxylic acids is 1. The number of hydrogen-bond donors (Lipinski definition) is 5. The monoisotopic (exact) mass is 318 g/mol. The summed E-state index contributed by atoms with van der Waals surface area (Å²) >= 11 is 0. The summed E-state index contributed by atoms with van der Waals surface area (Å²) in [5.74, 6) is -1.61. The molecule has 0 aliphatic heterocycles. The molecule has 1 aromatic heterocycles. The van der Waals surface area contributed by atoms with Gasteiger partial charge in [-0.3, -0.25) is 4.79 Å². The van der Waals surface area contributed by atoms with Crippen LogP contribution in [0.1, 0.15) is 11.3 Å². The summed E-state index contributed by atoms with van der Waals surface area (Å²) in [6.07, 6.45) is 3.36. The van der Waals surface area contributed by atoms with Crippen LogP contribution in [-0.4, -0.2) is 44.1 Å². The van der Waals surface area contributed by atoms with Gasteiger partial charge in [0.25, 0.3) is 0 Å². The van der Waals surface area contributed by atoms with E-state index < -0.39 is 24.0 Å². The maximum absolute atomic E-state index is 12.1. The molecule has 2 aromatic rings. The number of carbonyl (C=O) groups excluding carboxylic acids is 1. The Balaban J connectivity index is 1.96. The van der Waals surface area contributed by atoms with Crippen LogP contribution < -0.4 is 11.1 Å². The molecular formula is C15H18N4O4. The number of imidazole rings is 1. The summed E-state index contributed by atoms with van der Waals surface area (Å²) in [5, 5.41) is 20.9. The van der Waals surface area contributed by atoms with E-state index in [-0.39, 0.29) is 18.6 Å². The van der Waals surface area contributed by atoms with Gasteiger partial charge in [0.1, 0.15) is 11.8 Å². The second-order valence-corrected chi connectivity index (χ2v) is 5.16. The van der Waals surface area contributed by atoms with E-state index in [1.165, 1.54) is 18.5 Å². The second kappa shape index (κ2) is 7.41. The Morgan fingerprint density at radius 1 is 1.26 bits per heavy atom. The Morgan fingerprint density at radius 2 is 1.96 bits per heavy atom. The van der Waals surface area contributed by atoms with Crippen LogP contribution in [0.2, 0.25) is 0 Å². The second-order valence-electron chi connectivity index (χ2n) is 5.16. The van der Waals surface area contributed by atoms with Gasteiger partial charge in [0.2, 0.25) is 5.91 Å². The molecule has 2 atom stereocenters.